The summed E-state index contributed by atoms with van der Waals surface area (Å²) < 4.78 is 0. The molecule has 1 aliphatic rings. The lowest BCUT2D eigenvalue weighted by atomic mass is 9.96. The van der Waals surface area contributed by atoms with Crippen LogP contribution in [0.1, 0.15) is 89.8 Å². The van der Waals surface area contributed by atoms with Crippen LogP contribution in [0.15, 0.2) is 24.3 Å². The molecule has 0 fully saturated rings. The van der Waals surface area contributed by atoms with Gasteiger partial charge >= 0.3 is 0 Å². The lowest BCUT2D eigenvalue weighted by molar-refractivity contribution is 0.0794. The van der Waals surface area contributed by atoms with Crippen molar-refractivity contribution in [1.29, 1.82) is 0 Å². The summed E-state index contributed by atoms with van der Waals surface area (Å²) >= 11 is 0. The number of aryl methyl sites for hydroxylation is 1. The molecule has 0 amide bonds. The molecule has 1 aliphatic carbocycles. The molecule has 0 saturated heterocycles. The summed E-state index contributed by atoms with van der Waals surface area (Å²) in [7, 11) is 0. The Morgan fingerprint density at radius 3 is 2.27 bits per heavy atom. The van der Waals surface area contributed by atoms with Crippen molar-refractivity contribution < 1.29 is 0 Å². The third-order valence-electron chi connectivity index (χ3n) is 5.26. The van der Waals surface area contributed by atoms with Crippen molar-refractivity contribution in [2.24, 2.45) is 0 Å². The van der Waals surface area contributed by atoms with E-state index in [1.807, 2.05) is 0 Å². The summed E-state index contributed by atoms with van der Waals surface area (Å²) in [6, 6.07) is 11.2. The maximum atomic E-state index is 2.86. The van der Waals surface area contributed by atoms with E-state index in [1.54, 1.807) is 11.1 Å². The van der Waals surface area contributed by atoms with E-state index in [2.05, 4.69) is 56.9 Å². The van der Waals surface area contributed by atoms with Gasteiger partial charge in [-0.05, 0) is 50.7 Å². The van der Waals surface area contributed by atoms with E-state index >= 15 is 0 Å². The molecule has 0 aromatic heterocycles. The predicted molar refractivity (Wildman–Crippen MR) is 97.3 cm³/mol. The summed E-state index contributed by atoms with van der Waals surface area (Å²) in [5, 5.41) is 0. The number of hydrogen-bond acceptors (Lipinski definition) is 1. The zero-order valence-electron chi connectivity index (χ0n) is 15.1. The van der Waals surface area contributed by atoms with Gasteiger partial charge in [0.05, 0.1) is 0 Å². The van der Waals surface area contributed by atoms with E-state index in [9.17, 15) is 0 Å². The standard InChI is InChI=1S/C21H35N/c1-5-7-12-19(13-8-6-2)22(17(3)4)21-16-15-18-11-9-10-14-20(18)21/h9-11,14,17,19,21H,5-8,12-13,15-16H2,1-4H3/t21-/m0/s1. The minimum absolute atomic E-state index is 0.634. The number of unbranched alkanes of at least 4 members (excludes halogenated alkanes) is 2. The van der Waals surface area contributed by atoms with Crippen LogP contribution in [0.2, 0.25) is 0 Å². The predicted octanol–water partition coefficient (Wildman–Crippen LogP) is 6.13. The number of hydrogen-bond donors (Lipinski definition) is 0. The van der Waals surface area contributed by atoms with Crippen molar-refractivity contribution >= 4 is 0 Å². The van der Waals surface area contributed by atoms with Gasteiger partial charge in [0.25, 0.3) is 0 Å². The molecular weight excluding hydrogens is 266 g/mol. The fraction of sp³-hybridized carbons (Fsp3) is 0.714. The first-order valence-corrected chi connectivity index (χ1v) is 9.54. The smallest absolute Gasteiger partial charge is 0.0359 e. The van der Waals surface area contributed by atoms with Gasteiger partial charge in [-0.25, -0.2) is 0 Å². The fourth-order valence-electron chi connectivity index (χ4n) is 4.20. The van der Waals surface area contributed by atoms with Crippen molar-refractivity contribution in [1.82, 2.24) is 4.90 Å². The molecule has 1 nitrogen and oxygen atoms in total. The second kappa shape index (κ2) is 8.72. The number of benzene rings is 1. The summed E-state index contributed by atoms with van der Waals surface area (Å²) in [6.07, 6.45) is 10.7. The van der Waals surface area contributed by atoms with Gasteiger partial charge < -0.3 is 0 Å². The molecule has 1 heteroatoms. The summed E-state index contributed by atoms with van der Waals surface area (Å²) in [6.45, 7) is 9.43. The van der Waals surface area contributed by atoms with Crippen molar-refractivity contribution in [3.05, 3.63) is 35.4 Å². The van der Waals surface area contributed by atoms with Crippen LogP contribution in [0.4, 0.5) is 0 Å². The van der Waals surface area contributed by atoms with E-state index in [1.165, 1.54) is 51.4 Å². The Labute approximate surface area is 138 Å². The molecule has 0 radical (unpaired) electrons. The average Bonchev–Trinajstić information content (AvgIpc) is 2.93. The van der Waals surface area contributed by atoms with Gasteiger partial charge in [0.15, 0.2) is 0 Å². The molecule has 124 valence electrons. The quantitative estimate of drug-likeness (QED) is 0.530. The third kappa shape index (κ3) is 4.13. The largest absolute Gasteiger partial charge is 0.291 e. The van der Waals surface area contributed by atoms with E-state index in [4.69, 9.17) is 0 Å². The molecule has 22 heavy (non-hydrogen) atoms. The van der Waals surface area contributed by atoms with E-state index in [0.29, 0.717) is 12.1 Å². The normalized spacial score (nSPS) is 17.7. The SMILES string of the molecule is CCCCC(CCCC)N(C(C)C)[C@H]1CCc2ccccc21. The Kier molecular flexibility index (Phi) is 6.95. The van der Waals surface area contributed by atoms with Crippen LogP contribution in [-0.4, -0.2) is 17.0 Å². The molecule has 1 aromatic carbocycles. The molecular formula is C21H35N. The maximum Gasteiger partial charge on any atom is 0.0359 e. The minimum atomic E-state index is 0.634. The second-order valence-electron chi connectivity index (χ2n) is 7.23. The monoisotopic (exact) mass is 301 g/mol. The first-order chi connectivity index (χ1) is 10.7. The molecule has 0 spiro atoms. The highest BCUT2D eigenvalue weighted by Gasteiger charge is 2.33. The summed E-state index contributed by atoms with van der Waals surface area (Å²) in [5.41, 5.74) is 3.19. The average molecular weight is 302 g/mol. The van der Waals surface area contributed by atoms with Gasteiger partial charge in [-0.3, -0.25) is 4.90 Å². The van der Waals surface area contributed by atoms with Crippen LogP contribution in [-0.2, 0) is 6.42 Å². The van der Waals surface area contributed by atoms with Crippen LogP contribution in [0.25, 0.3) is 0 Å². The van der Waals surface area contributed by atoms with Crippen molar-refractivity contribution in [2.75, 3.05) is 0 Å². The number of rotatable bonds is 9. The Balaban J connectivity index is 2.20. The van der Waals surface area contributed by atoms with Crippen molar-refractivity contribution in [3.63, 3.8) is 0 Å². The maximum absolute atomic E-state index is 2.86. The molecule has 2 rings (SSSR count). The third-order valence-corrected chi connectivity index (χ3v) is 5.26. The van der Waals surface area contributed by atoms with Crippen molar-refractivity contribution in [3.8, 4) is 0 Å². The van der Waals surface area contributed by atoms with E-state index in [-0.39, 0.29) is 0 Å². The van der Waals surface area contributed by atoms with Crippen LogP contribution >= 0.6 is 0 Å². The number of fused-ring (bicyclic) bond motifs is 1. The molecule has 1 atom stereocenters. The highest BCUT2D eigenvalue weighted by Crippen LogP contribution is 2.39. The molecule has 0 bridgehead atoms. The molecule has 0 saturated carbocycles. The second-order valence-corrected chi connectivity index (χ2v) is 7.23. The first-order valence-electron chi connectivity index (χ1n) is 9.54. The van der Waals surface area contributed by atoms with Crippen molar-refractivity contribution in [2.45, 2.75) is 97.2 Å². The van der Waals surface area contributed by atoms with Gasteiger partial charge in [-0.2, -0.15) is 0 Å². The number of nitrogens with zero attached hydrogens (tertiary/aromatic N) is 1. The highest BCUT2D eigenvalue weighted by molar-refractivity contribution is 5.34. The molecule has 0 heterocycles. The van der Waals surface area contributed by atoms with Gasteiger partial charge in [-0.1, -0.05) is 63.8 Å². The lowest BCUT2D eigenvalue weighted by Gasteiger charge is -2.40. The topological polar surface area (TPSA) is 3.24 Å². The molecule has 1 aromatic rings. The fourth-order valence-corrected chi connectivity index (χ4v) is 4.20. The van der Waals surface area contributed by atoms with Crippen LogP contribution in [0.3, 0.4) is 0 Å². The van der Waals surface area contributed by atoms with Crippen LogP contribution < -0.4 is 0 Å². The zero-order valence-corrected chi connectivity index (χ0v) is 15.1. The van der Waals surface area contributed by atoms with Crippen LogP contribution in [0.5, 0.6) is 0 Å². The first kappa shape index (κ1) is 17.5. The van der Waals surface area contributed by atoms with Gasteiger partial charge in [0.2, 0.25) is 0 Å². The van der Waals surface area contributed by atoms with Gasteiger partial charge in [-0.15, -0.1) is 0 Å². The Morgan fingerprint density at radius 1 is 1.05 bits per heavy atom. The Hall–Kier alpha value is -0.820. The van der Waals surface area contributed by atoms with E-state index < -0.39 is 0 Å². The minimum Gasteiger partial charge on any atom is -0.291 e. The van der Waals surface area contributed by atoms with Gasteiger partial charge in [0, 0.05) is 18.1 Å². The summed E-state index contributed by atoms with van der Waals surface area (Å²) in [4.78, 5) is 2.86. The molecule has 0 N–H and O–H groups in total. The zero-order chi connectivity index (χ0) is 15.9. The van der Waals surface area contributed by atoms with Crippen LogP contribution in [0, 0.1) is 0 Å². The summed E-state index contributed by atoms with van der Waals surface area (Å²) in [5.74, 6) is 0. The van der Waals surface area contributed by atoms with Gasteiger partial charge in [0.1, 0.15) is 0 Å². The Morgan fingerprint density at radius 2 is 1.68 bits per heavy atom. The molecule has 0 aliphatic heterocycles. The highest BCUT2D eigenvalue weighted by atomic mass is 15.2. The Bertz CT molecular complexity index is 429. The van der Waals surface area contributed by atoms with E-state index in [0.717, 1.165) is 6.04 Å². The lowest BCUT2D eigenvalue weighted by Crippen LogP contribution is -2.42. The molecule has 0 unspecified atom stereocenters.